The maximum atomic E-state index is 15.4. The summed E-state index contributed by atoms with van der Waals surface area (Å²) >= 11 is 0. The highest BCUT2D eigenvalue weighted by Gasteiger charge is 2.56. The molecule has 2 atom stereocenters. The highest BCUT2D eigenvalue weighted by atomic mass is 19.2. The molecular formula is C19H25F2N5O3. The number of nitrogens with zero attached hydrogens (tertiary/aromatic N) is 3. The second-order valence-electron chi connectivity index (χ2n) is 8.51. The number of methoxy groups -OCH3 is 1. The van der Waals surface area contributed by atoms with Gasteiger partial charge in [-0.05, 0) is 38.8 Å². The SMILES string of the molecule is COc1c(N2CC(F)C(F)(C(C)(C)N)C2)ccc2c(=O)n(N)c(=O)n(C3CC3)c12. The molecule has 1 aromatic heterocycles. The van der Waals surface area contributed by atoms with Gasteiger partial charge in [0.05, 0.1) is 31.3 Å². The Bertz CT molecular complexity index is 1100. The van der Waals surface area contributed by atoms with E-state index in [0.717, 1.165) is 12.8 Å². The number of ether oxygens (including phenoxy) is 1. The largest absolute Gasteiger partial charge is 0.492 e. The summed E-state index contributed by atoms with van der Waals surface area (Å²) in [6.45, 7) is 2.41. The van der Waals surface area contributed by atoms with E-state index in [1.54, 1.807) is 6.07 Å². The molecule has 1 aliphatic heterocycles. The fraction of sp³-hybridized carbons (Fsp3) is 0.579. The number of halogens is 2. The number of nitrogen functional groups attached to an aromatic ring is 1. The maximum Gasteiger partial charge on any atom is 0.350 e. The van der Waals surface area contributed by atoms with Crippen LogP contribution in [0.15, 0.2) is 21.7 Å². The van der Waals surface area contributed by atoms with E-state index in [2.05, 4.69) is 0 Å². The Hall–Kier alpha value is -2.62. The molecule has 1 aromatic carbocycles. The summed E-state index contributed by atoms with van der Waals surface area (Å²) in [5.74, 6) is 5.89. The Balaban J connectivity index is 1.94. The Morgan fingerprint density at radius 2 is 1.93 bits per heavy atom. The minimum absolute atomic E-state index is 0.0970. The van der Waals surface area contributed by atoms with Crippen LogP contribution in [-0.4, -0.2) is 46.8 Å². The van der Waals surface area contributed by atoms with Gasteiger partial charge in [0.1, 0.15) is 5.52 Å². The summed E-state index contributed by atoms with van der Waals surface area (Å²) in [4.78, 5) is 26.7. The summed E-state index contributed by atoms with van der Waals surface area (Å²) in [5.41, 5.74) is 1.66. The fourth-order valence-corrected chi connectivity index (χ4v) is 4.09. The standard InChI is InChI=1S/C19H25F2N5O3/c1-18(2,22)19(21)9-24(8-13(19)20)12-7-6-11-14(15(12)29-3)25(10-4-5-10)17(28)26(23)16(11)27/h6-7,10,13H,4-5,8-9,22-23H2,1-3H3. The van der Waals surface area contributed by atoms with E-state index in [4.69, 9.17) is 16.3 Å². The molecule has 2 aromatic rings. The molecule has 0 spiro atoms. The van der Waals surface area contributed by atoms with Crippen LogP contribution in [0.2, 0.25) is 0 Å². The minimum atomic E-state index is -2.26. The van der Waals surface area contributed by atoms with Gasteiger partial charge in [0.25, 0.3) is 5.56 Å². The summed E-state index contributed by atoms with van der Waals surface area (Å²) < 4.78 is 37.7. The maximum absolute atomic E-state index is 15.4. The first kappa shape index (κ1) is 19.7. The zero-order chi connectivity index (χ0) is 21.3. The zero-order valence-electron chi connectivity index (χ0n) is 16.6. The summed E-state index contributed by atoms with van der Waals surface area (Å²) in [6.07, 6.45) is -0.261. The first-order valence-corrected chi connectivity index (χ1v) is 9.51. The van der Waals surface area contributed by atoms with E-state index in [0.29, 0.717) is 15.9 Å². The molecule has 2 heterocycles. The van der Waals surface area contributed by atoms with Gasteiger partial charge in [0, 0.05) is 11.6 Å². The van der Waals surface area contributed by atoms with Crippen molar-refractivity contribution >= 4 is 16.6 Å². The fourth-order valence-electron chi connectivity index (χ4n) is 4.09. The molecule has 2 fully saturated rings. The average Bonchev–Trinajstić information content (AvgIpc) is 3.43. The normalized spacial score (nSPS) is 25.0. The molecule has 1 aliphatic carbocycles. The van der Waals surface area contributed by atoms with Gasteiger partial charge in [0.2, 0.25) is 0 Å². The molecule has 1 saturated heterocycles. The van der Waals surface area contributed by atoms with Gasteiger partial charge in [-0.25, -0.2) is 13.6 Å². The number of benzene rings is 1. The molecule has 4 rings (SSSR count). The highest BCUT2D eigenvalue weighted by Crippen LogP contribution is 2.44. The number of anilines is 1. The smallest absolute Gasteiger partial charge is 0.350 e. The van der Waals surface area contributed by atoms with Crippen molar-refractivity contribution in [3.8, 4) is 5.75 Å². The van der Waals surface area contributed by atoms with Crippen LogP contribution < -0.4 is 32.5 Å². The second-order valence-corrected chi connectivity index (χ2v) is 8.51. The molecule has 8 nitrogen and oxygen atoms in total. The average molecular weight is 409 g/mol. The molecular weight excluding hydrogens is 384 g/mol. The van der Waals surface area contributed by atoms with Crippen LogP contribution in [0.4, 0.5) is 14.5 Å². The first-order valence-electron chi connectivity index (χ1n) is 9.51. The number of hydrogen-bond acceptors (Lipinski definition) is 6. The van der Waals surface area contributed by atoms with Gasteiger partial charge >= 0.3 is 5.69 Å². The molecule has 0 radical (unpaired) electrons. The monoisotopic (exact) mass is 409 g/mol. The Morgan fingerprint density at radius 1 is 1.28 bits per heavy atom. The number of alkyl halides is 2. The van der Waals surface area contributed by atoms with Gasteiger partial charge in [-0.15, -0.1) is 0 Å². The molecule has 1 saturated carbocycles. The summed E-state index contributed by atoms with van der Waals surface area (Å²) in [7, 11) is 1.40. The number of rotatable bonds is 4. The van der Waals surface area contributed by atoms with Gasteiger partial charge in [-0.2, -0.15) is 4.68 Å². The van der Waals surface area contributed by atoms with Crippen LogP contribution in [0.3, 0.4) is 0 Å². The Labute approximate surface area is 165 Å². The number of fused-ring (bicyclic) bond motifs is 1. The van der Waals surface area contributed by atoms with E-state index < -0.39 is 28.6 Å². The molecule has 0 bridgehead atoms. The molecule has 158 valence electrons. The lowest BCUT2D eigenvalue weighted by atomic mass is 9.83. The van der Waals surface area contributed by atoms with E-state index >= 15 is 4.39 Å². The van der Waals surface area contributed by atoms with Crippen molar-refractivity contribution in [1.82, 2.24) is 9.24 Å². The first-order chi connectivity index (χ1) is 13.5. The van der Waals surface area contributed by atoms with Crippen molar-refractivity contribution in [2.45, 2.75) is 50.1 Å². The highest BCUT2D eigenvalue weighted by molar-refractivity contribution is 5.91. The van der Waals surface area contributed by atoms with Crippen molar-refractivity contribution < 1.29 is 13.5 Å². The molecule has 29 heavy (non-hydrogen) atoms. The van der Waals surface area contributed by atoms with Gasteiger partial charge < -0.3 is 21.2 Å². The quantitative estimate of drug-likeness (QED) is 0.724. The minimum Gasteiger partial charge on any atom is -0.492 e. The van der Waals surface area contributed by atoms with Crippen LogP contribution in [0.5, 0.6) is 5.75 Å². The van der Waals surface area contributed by atoms with Crippen molar-refractivity contribution in [3.63, 3.8) is 0 Å². The van der Waals surface area contributed by atoms with Crippen molar-refractivity contribution in [2.75, 3.05) is 30.9 Å². The Morgan fingerprint density at radius 3 is 2.45 bits per heavy atom. The lowest BCUT2D eigenvalue weighted by Crippen LogP contribution is -2.59. The van der Waals surface area contributed by atoms with Crippen LogP contribution in [0.25, 0.3) is 10.9 Å². The third-order valence-corrected chi connectivity index (χ3v) is 6.04. The molecule has 2 unspecified atom stereocenters. The lowest BCUT2D eigenvalue weighted by molar-refractivity contribution is 0.0300. The van der Waals surface area contributed by atoms with Gasteiger partial charge in [0.15, 0.2) is 17.6 Å². The van der Waals surface area contributed by atoms with Gasteiger partial charge in [-0.3, -0.25) is 9.36 Å². The van der Waals surface area contributed by atoms with E-state index in [9.17, 15) is 14.0 Å². The van der Waals surface area contributed by atoms with Crippen LogP contribution in [-0.2, 0) is 0 Å². The van der Waals surface area contributed by atoms with Crippen LogP contribution >= 0.6 is 0 Å². The van der Waals surface area contributed by atoms with Crippen molar-refractivity contribution in [3.05, 3.63) is 33.0 Å². The third-order valence-electron chi connectivity index (χ3n) is 6.04. The molecule has 0 amide bonds. The summed E-state index contributed by atoms with van der Waals surface area (Å²) in [5, 5.41) is 0.210. The topological polar surface area (TPSA) is 109 Å². The van der Waals surface area contributed by atoms with E-state index in [-0.39, 0.29) is 30.3 Å². The van der Waals surface area contributed by atoms with Crippen LogP contribution in [0, 0.1) is 0 Å². The predicted octanol–water partition coefficient (Wildman–Crippen LogP) is 0.824. The van der Waals surface area contributed by atoms with Crippen molar-refractivity contribution in [2.24, 2.45) is 5.73 Å². The van der Waals surface area contributed by atoms with Crippen LogP contribution in [0.1, 0.15) is 32.7 Å². The number of nitrogens with two attached hydrogens (primary N) is 2. The lowest BCUT2D eigenvalue weighted by Gasteiger charge is -2.35. The molecule has 10 heteroatoms. The molecule has 2 aliphatic rings. The molecule has 4 N–H and O–H groups in total. The van der Waals surface area contributed by atoms with Gasteiger partial charge in [-0.1, -0.05) is 0 Å². The van der Waals surface area contributed by atoms with E-state index in [1.165, 1.54) is 36.5 Å². The predicted molar refractivity (Wildman–Crippen MR) is 107 cm³/mol. The summed E-state index contributed by atoms with van der Waals surface area (Å²) in [6, 6.07) is 2.97. The second kappa shape index (κ2) is 6.19. The van der Waals surface area contributed by atoms with E-state index in [1.807, 2.05) is 0 Å². The zero-order valence-corrected chi connectivity index (χ0v) is 16.6. The number of aromatic nitrogens is 2. The number of hydrogen-bond donors (Lipinski definition) is 2. The third kappa shape index (κ3) is 2.72. The van der Waals surface area contributed by atoms with Crippen molar-refractivity contribution in [1.29, 1.82) is 0 Å². The Kier molecular flexibility index (Phi) is 4.20.